The molecule has 1 aromatic rings. The third kappa shape index (κ3) is 2.89. The molecule has 0 fully saturated rings. The van der Waals surface area contributed by atoms with Gasteiger partial charge >= 0.3 is 29.6 Å². The van der Waals surface area contributed by atoms with Crippen molar-refractivity contribution in [2.24, 2.45) is 0 Å². The maximum Gasteiger partial charge on any atom is 1.00 e. The van der Waals surface area contributed by atoms with Gasteiger partial charge in [-0.2, -0.15) is 0 Å². The van der Waals surface area contributed by atoms with E-state index < -0.39 is 0 Å². The van der Waals surface area contributed by atoms with Crippen LogP contribution in [0.2, 0.25) is 0 Å². The monoisotopic (exact) mass is 131 g/mol. The number of rotatable bonds is 1. The molecule has 0 aliphatic rings. The van der Waals surface area contributed by atoms with Crippen molar-refractivity contribution in [3.05, 3.63) is 30.3 Å². The Kier molecular flexibility index (Phi) is 4.87. The first-order valence-corrected chi connectivity index (χ1v) is 2.66. The molecular weight excluding hydrogens is 121 g/mol. The van der Waals surface area contributed by atoms with Gasteiger partial charge in [0, 0.05) is 12.7 Å². The van der Waals surface area contributed by atoms with Gasteiger partial charge in [-0.25, -0.2) is 0 Å². The van der Waals surface area contributed by atoms with E-state index in [0.717, 1.165) is 5.69 Å². The van der Waals surface area contributed by atoms with E-state index in [1.54, 1.807) is 0 Å². The minimum atomic E-state index is 0. The summed E-state index contributed by atoms with van der Waals surface area (Å²) >= 11 is 0. The van der Waals surface area contributed by atoms with Crippen LogP contribution >= 0.6 is 0 Å². The Hall–Kier alpha value is 0.0200. The van der Waals surface area contributed by atoms with Crippen LogP contribution in [-0.4, -0.2) is 7.05 Å². The Balaban J connectivity index is 0. The van der Waals surface area contributed by atoms with Gasteiger partial charge in [-0.3, -0.25) is 0 Å². The number of nitrogens with one attached hydrogen (secondary N) is 1. The summed E-state index contributed by atoms with van der Waals surface area (Å²) in [6, 6.07) is 10.1. The number of hydrogen-bond donors (Lipinski definition) is 1. The average Bonchev–Trinajstić information content (AvgIpc) is 1.90. The fourth-order valence-corrected chi connectivity index (χ4v) is 0.605. The van der Waals surface area contributed by atoms with Crippen LogP contribution in [0.25, 0.3) is 0 Å². The van der Waals surface area contributed by atoms with E-state index in [1.165, 1.54) is 0 Å². The van der Waals surface area contributed by atoms with E-state index in [0.29, 0.717) is 0 Å². The van der Waals surface area contributed by atoms with Crippen LogP contribution in [0.5, 0.6) is 0 Å². The van der Waals surface area contributed by atoms with Crippen molar-refractivity contribution in [1.29, 1.82) is 0 Å². The minimum absolute atomic E-state index is 0. The molecule has 0 aliphatic carbocycles. The van der Waals surface area contributed by atoms with Gasteiger partial charge in [-0.15, -0.1) is 0 Å². The first kappa shape index (κ1) is 9.02. The molecule has 1 nitrogen and oxygen atoms in total. The molecule has 0 saturated heterocycles. The van der Waals surface area contributed by atoms with Crippen molar-refractivity contribution >= 4 is 5.69 Å². The first-order valence-electron chi connectivity index (χ1n) is 2.66. The third-order valence-corrected chi connectivity index (χ3v) is 1.06. The summed E-state index contributed by atoms with van der Waals surface area (Å²) in [5.41, 5.74) is 1.16. The predicted molar refractivity (Wildman–Crippen MR) is 37.1 cm³/mol. The summed E-state index contributed by atoms with van der Waals surface area (Å²) in [7, 11) is 1.91. The van der Waals surface area contributed by atoms with Crippen molar-refractivity contribution < 1.29 is 31.0 Å². The Morgan fingerprint density at radius 1 is 1.22 bits per heavy atom. The molecular formula is C7H10NNa. The van der Waals surface area contributed by atoms with Gasteiger partial charge in [0.2, 0.25) is 0 Å². The van der Waals surface area contributed by atoms with Gasteiger partial charge in [-0.1, -0.05) is 18.2 Å². The number of anilines is 1. The van der Waals surface area contributed by atoms with E-state index >= 15 is 0 Å². The Labute approximate surface area is 79.2 Å². The van der Waals surface area contributed by atoms with Crippen LogP contribution in [0.4, 0.5) is 5.69 Å². The minimum Gasteiger partial charge on any atom is -1.00 e. The largest absolute Gasteiger partial charge is 1.00 e. The predicted octanol–water partition coefficient (Wildman–Crippen LogP) is -1.16. The zero-order chi connectivity index (χ0) is 5.82. The van der Waals surface area contributed by atoms with E-state index in [2.05, 4.69) is 5.32 Å². The van der Waals surface area contributed by atoms with Gasteiger partial charge in [0.25, 0.3) is 0 Å². The Morgan fingerprint density at radius 2 is 1.78 bits per heavy atom. The van der Waals surface area contributed by atoms with Crippen molar-refractivity contribution in [1.82, 2.24) is 0 Å². The number of benzene rings is 1. The summed E-state index contributed by atoms with van der Waals surface area (Å²) in [5, 5.41) is 3.03. The Morgan fingerprint density at radius 3 is 2.11 bits per heavy atom. The van der Waals surface area contributed by atoms with Crippen LogP contribution < -0.4 is 34.9 Å². The van der Waals surface area contributed by atoms with Crippen molar-refractivity contribution in [3.8, 4) is 0 Å². The molecule has 0 aliphatic heterocycles. The van der Waals surface area contributed by atoms with Crippen molar-refractivity contribution in [3.63, 3.8) is 0 Å². The fourth-order valence-electron chi connectivity index (χ4n) is 0.605. The van der Waals surface area contributed by atoms with E-state index in [-0.39, 0.29) is 31.0 Å². The summed E-state index contributed by atoms with van der Waals surface area (Å²) < 4.78 is 0. The third-order valence-electron chi connectivity index (χ3n) is 1.06. The van der Waals surface area contributed by atoms with Gasteiger partial charge in [0.1, 0.15) is 0 Å². The van der Waals surface area contributed by atoms with Gasteiger partial charge in [0.05, 0.1) is 0 Å². The average molecular weight is 131 g/mol. The molecule has 0 spiro atoms. The standard InChI is InChI=1S/C7H9N.Na.H/c1-8-7-5-3-2-4-6-7;;/h2-6,8H,1H3;;/q;+1;-1. The quantitative estimate of drug-likeness (QED) is 0.474. The van der Waals surface area contributed by atoms with Gasteiger partial charge in [-0.05, 0) is 12.1 Å². The molecule has 0 bridgehead atoms. The van der Waals surface area contributed by atoms with E-state index in [9.17, 15) is 0 Å². The Bertz CT molecular complexity index is 155. The second-order valence-corrected chi connectivity index (χ2v) is 1.62. The van der Waals surface area contributed by atoms with E-state index in [1.807, 2.05) is 37.4 Å². The van der Waals surface area contributed by atoms with Crippen LogP contribution in [0.1, 0.15) is 1.43 Å². The summed E-state index contributed by atoms with van der Waals surface area (Å²) in [5.74, 6) is 0. The molecule has 1 N–H and O–H groups in total. The summed E-state index contributed by atoms with van der Waals surface area (Å²) in [6.07, 6.45) is 0. The summed E-state index contributed by atoms with van der Waals surface area (Å²) in [4.78, 5) is 0. The zero-order valence-electron chi connectivity index (χ0n) is 6.89. The molecule has 0 amide bonds. The van der Waals surface area contributed by atoms with Gasteiger partial charge < -0.3 is 6.74 Å². The van der Waals surface area contributed by atoms with E-state index in [4.69, 9.17) is 0 Å². The maximum absolute atomic E-state index is 3.03. The molecule has 0 atom stereocenters. The second-order valence-electron chi connectivity index (χ2n) is 1.62. The van der Waals surface area contributed by atoms with Crippen LogP contribution in [-0.2, 0) is 0 Å². The molecule has 0 aromatic heterocycles. The maximum atomic E-state index is 3.03. The summed E-state index contributed by atoms with van der Waals surface area (Å²) in [6.45, 7) is 0. The SMILES string of the molecule is CNc1ccccc1.[H-].[Na+]. The second kappa shape index (κ2) is 4.86. The van der Waals surface area contributed by atoms with Crippen LogP contribution in [0, 0.1) is 0 Å². The molecule has 0 radical (unpaired) electrons. The number of hydrogen-bond acceptors (Lipinski definition) is 1. The molecule has 1 rings (SSSR count). The smallest absolute Gasteiger partial charge is 1.00 e. The van der Waals surface area contributed by atoms with Crippen molar-refractivity contribution in [2.45, 2.75) is 0 Å². The molecule has 0 heterocycles. The normalized spacial score (nSPS) is 7.67. The molecule has 2 heteroatoms. The van der Waals surface area contributed by atoms with Crippen LogP contribution in [0.3, 0.4) is 0 Å². The zero-order valence-corrected chi connectivity index (χ0v) is 7.89. The molecule has 0 saturated carbocycles. The fraction of sp³-hybridized carbons (Fsp3) is 0.143. The van der Waals surface area contributed by atoms with Crippen molar-refractivity contribution in [2.75, 3.05) is 12.4 Å². The molecule has 1 aromatic carbocycles. The van der Waals surface area contributed by atoms with Gasteiger partial charge in [0.15, 0.2) is 0 Å². The molecule has 9 heavy (non-hydrogen) atoms. The first-order chi connectivity index (χ1) is 3.93. The number of para-hydroxylation sites is 1. The molecule has 44 valence electrons. The van der Waals surface area contributed by atoms with Crippen LogP contribution in [0.15, 0.2) is 30.3 Å². The topological polar surface area (TPSA) is 12.0 Å². The molecule has 0 unspecified atom stereocenters.